The van der Waals surface area contributed by atoms with Gasteiger partial charge in [0.25, 0.3) is 0 Å². The number of nitrogens with zero attached hydrogens (tertiary/aromatic N) is 2. The third-order valence-electron chi connectivity index (χ3n) is 3.78. The molecule has 0 bridgehead atoms. The van der Waals surface area contributed by atoms with Gasteiger partial charge in [-0.25, -0.2) is 9.97 Å². The lowest BCUT2D eigenvalue weighted by molar-refractivity contribution is -0.119. The number of aromatic nitrogens is 2. The molecule has 4 nitrogen and oxygen atoms in total. The molecule has 2 aromatic carbocycles. The van der Waals surface area contributed by atoms with Crippen LogP contribution in [-0.4, -0.2) is 21.6 Å². The van der Waals surface area contributed by atoms with Crippen molar-refractivity contribution in [2.75, 3.05) is 5.75 Å². The Bertz CT molecular complexity index is 852. The quantitative estimate of drug-likeness (QED) is 0.566. The van der Waals surface area contributed by atoms with E-state index in [1.54, 1.807) is 0 Å². The first-order valence-corrected chi connectivity index (χ1v) is 8.82. The van der Waals surface area contributed by atoms with Crippen LogP contribution >= 0.6 is 11.8 Å². The van der Waals surface area contributed by atoms with E-state index in [1.807, 2.05) is 68.4 Å². The first-order valence-electron chi connectivity index (χ1n) is 7.84. The lowest BCUT2D eigenvalue weighted by Crippen LogP contribution is -2.28. The minimum Gasteiger partial charge on any atom is -0.349 e. The van der Waals surface area contributed by atoms with Gasteiger partial charge in [-0.05, 0) is 25.5 Å². The molecule has 0 aliphatic heterocycles. The molecule has 5 heteroatoms. The maximum atomic E-state index is 12.2. The van der Waals surface area contributed by atoms with Crippen LogP contribution in [-0.2, 0) is 4.79 Å². The van der Waals surface area contributed by atoms with E-state index in [4.69, 9.17) is 0 Å². The van der Waals surface area contributed by atoms with Crippen LogP contribution in [0.3, 0.4) is 0 Å². The molecule has 0 unspecified atom stereocenters. The van der Waals surface area contributed by atoms with Crippen molar-refractivity contribution in [1.29, 1.82) is 0 Å². The molecule has 1 N–H and O–H groups in total. The Morgan fingerprint density at radius 3 is 2.58 bits per heavy atom. The van der Waals surface area contributed by atoms with Gasteiger partial charge in [-0.15, -0.1) is 0 Å². The number of hydrogen-bond acceptors (Lipinski definition) is 4. The molecular weight excluding hydrogens is 318 g/mol. The molecule has 3 rings (SSSR count). The normalized spacial score (nSPS) is 12.1. The Morgan fingerprint density at radius 1 is 1.08 bits per heavy atom. The summed E-state index contributed by atoms with van der Waals surface area (Å²) in [5.41, 5.74) is 2.93. The van der Waals surface area contributed by atoms with Crippen molar-refractivity contribution in [3.63, 3.8) is 0 Å². The highest BCUT2D eigenvalue weighted by molar-refractivity contribution is 7.99. The van der Waals surface area contributed by atoms with Crippen molar-refractivity contribution in [3.8, 4) is 0 Å². The second-order valence-corrected chi connectivity index (χ2v) is 6.54. The largest absolute Gasteiger partial charge is 0.349 e. The van der Waals surface area contributed by atoms with Gasteiger partial charge in [0.05, 0.1) is 17.3 Å². The average Bonchev–Trinajstić information content (AvgIpc) is 2.61. The van der Waals surface area contributed by atoms with Crippen molar-refractivity contribution in [2.24, 2.45) is 0 Å². The Balaban J connectivity index is 1.62. The monoisotopic (exact) mass is 337 g/mol. The fourth-order valence-electron chi connectivity index (χ4n) is 2.51. The first-order chi connectivity index (χ1) is 11.6. The average molecular weight is 337 g/mol. The summed E-state index contributed by atoms with van der Waals surface area (Å²) in [6.45, 7) is 3.94. The fraction of sp³-hybridized carbons (Fsp3) is 0.211. The molecule has 0 saturated heterocycles. The van der Waals surface area contributed by atoms with Gasteiger partial charge >= 0.3 is 0 Å². The second-order valence-electron chi connectivity index (χ2n) is 5.60. The zero-order valence-corrected chi connectivity index (χ0v) is 14.5. The molecule has 0 saturated carbocycles. The van der Waals surface area contributed by atoms with Crippen molar-refractivity contribution < 1.29 is 4.79 Å². The molecule has 0 spiro atoms. The summed E-state index contributed by atoms with van der Waals surface area (Å²) >= 11 is 1.36. The maximum absolute atomic E-state index is 12.2. The summed E-state index contributed by atoms with van der Waals surface area (Å²) < 4.78 is 0. The minimum absolute atomic E-state index is 0.0152. The Kier molecular flexibility index (Phi) is 5.11. The van der Waals surface area contributed by atoms with Crippen LogP contribution in [0.25, 0.3) is 10.9 Å². The van der Waals surface area contributed by atoms with E-state index in [9.17, 15) is 4.79 Å². The lowest BCUT2D eigenvalue weighted by atomic mass is 10.1. The van der Waals surface area contributed by atoms with Crippen LogP contribution in [0.15, 0.2) is 59.8 Å². The molecule has 0 radical (unpaired) electrons. The summed E-state index contributed by atoms with van der Waals surface area (Å²) in [4.78, 5) is 21.2. The zero-order valence-electron chi connectivity index (χ0n) is 13.7. The van der Waals surface area contributed by atoms with E-state index in [0.29, 0.717) is 10.9 Å². The van der Waals surface area contributed by atoms with Crippen LogP contribution in [0.1, 0.15) is 24.2 Å². The van der Waals surface area contributed by atoms with Gasteiger partial charge in [0.1, 0.15) is 0 Å². The summed E-state index contributed by atoms with van der Waals surface area (Å²) in [6, 6.07) is 17.8. The van der Waals surface area contributed by atoms with Gasteiger partial charge in [0, 0.05) is 11.1 Å². The summed E-state index contributed by atoms with van der Waals surface area (Å²) in [6.07, 6.45) is 0. The molecular formula is C19H19N3OS. The SMILES string of the molecule is Cc1nc(SCC(=O)N[C@@H](C)c2ccccc2)nc2ccccc12. The molecule has 24 heavy (non-hydrogen) atoms. The number of carbonyl (C=O) groups excluding carboxylic acids is 1. The first kappa shape index (κ1) is 16.5. The van der Waals surface area contributed by atoms with Gasteiger partial charge in [0.15, 0.2) is 5.16 Å². The molecule has 1 heterocycles. The van der Waals surface area contributed by atoms with E-state index in [0.717, 1.165) is 22.2 Å². The Labute approximate surface area is 145 Å². The van der Waals surface area contributed by atoms with Crippen molar-refractivity contribution in [1.82, 2.24) is 15.3 Å². The molecule has 1 aromatic heterocycles. The number of para-hydroxylation sites is 1. The van der Waals surface area contributed by atoms with Gasteiger partial charge in [-0.3, -0.25) is 4.79 Å². The molecule has 1 amide bonds. The highest BCUT2D eigenvalue weighted by Crippen LogP contribution is 2.20. The molecule has 0 aliphatic rings. The number of thioether (sulfide) groups is 1. The van der Waals surface area contributed by atoms with Crippen molar-refractivity contribution in [3.05, 3.63) is 65.9 Å². The molecule has 3 aromatic rings. The Morgan fingerprint density at radius 2 is 1.79 bits per heavy atom. The number of amides is 1. The second kappa shape index (κ2) is 7.45. The molecule has 0 fully saturated rings. The number of aryl methyl sites for hydroxylation is 1. The van der Waals surface area contributed by atoms with E-state index >= 15 is 0 Å². The van der Waals surface area contributed by atoms with Gasteiger partial charge in [-0.2, -0.15) is 0 Å². The third-order valence-corrected chi connectivity index (χ3v) is 4.63. The van der Waals surface area contributed by atoms with Crippen molar-refractivity contribution in [2.45, 2.75) is 25.0 Å². The maximum Gasteiger partial charge on any atom is 0.230 e. The number of carbonyl (C=O) groups is 1. The van der Waals surface area contributed by atoms with E-state index in [2.05, 4.69) is 15.3 Å². The smallest absolute Gasteiger partial charge is 0.230 e. The van der Waals surface area contributed by atoms with E-state index in [1.165, 1.54) is 11.8 Å². The van der Waals surface area contributed by atoms with Crippen LogP contribution in [0.5, 0.6) is 0 Å². The number of fused-ring (bicyclic) bond motifs is 1. The van der Waals surface area contributed by atoms with Gasteiger partial charge in [-0.1, -0.05) is 60.3 Å². The predicted molar refractivity (Wildman–Crippen MR) is 98.0 cm³/mol. The van der Waals surface area contributed by atoms with Crippen molar-refractivity contribution >= 4 is 28.6 Å². The summed E-state index contributed by atoms with van der Waals surface area (Å²) in [5, 5.41) is 4.68. The summed E-state index contributed by atoms with van der Waals surface area (Å²) in [5.74, 6) is 0.278. The van der Waals surface area contributed by atoms with Crippen LogP contribution < -0.4 is 5.32 Å². The number of nitrogens with one attached hydrogen (secondary N) is 1. The molecule has 0 aliphatic carbocycles. The standard InChI is InChI=1S/C19H19N3OS/c1-13(15-8-4-3-5-9-15)20-18(23)12-24-19-21-14(2)16-10-6-7-11-17(16)22-19/h3-11,13H,12H2,1-2H3,(H,20,23)/t13-/m0/s1. The predicted octanol–water partition coefficient (Wildman–Crippen LogP) is 3.91. The van der Waals surface area contributed by atoms with Gasteiger partial charge < -0.3 is 5.32 Å². The number of benzene rings is 2. The van der Waals surface area contributed by atoms with Crippen LogP contribution in [0, 0.1) is 6.92 Å². The fourth-order valence-corrected chi connectivity index (χ4v) is 3.22. The lowest BCUT2D eigenvalue weighted by Gasteiger charge is -2.14. The summed E-state index contributed by atoms with van der Waals surface area (Å²) in [7, 11) is 0. The topological polar surface area (TPSA) is 54.9 Å². The van der Waals surface area contributed by atoms with Crippen LogP contribution in [0.2, 0.25) is 0 Å². The third kappa shape index (κ3) is 3.92. The number of rotatable bonds is 5. The molecule has 122 valence electrons. The highest BCUT2D eigenvalue weighted by Gasteiger charge is 2.11. The number of hydrogen-bond donors (Lipinski definition) is 1. The molecule has 1 atom stereocenters. The van der Waals surface area contributed by atoms with E-state index in [-0.39, 0.29) is 11.9 Å². The van der Waals surface area contributed by atoms with Crippen LogP contribution in [0.4, 0.5) is 0 Å². The Hall–Kier alpha value is -2.40. The van der Waals surface area contributed by atoms with Gasteiger partial charge in [0.2, 0.25) is 5.91 Å². The van der Waals surface area contributed by atoms with E-state index < -0.39 is 0 Å². The highest BCUT2D eigenvalue weighted by atomic mass is 32.2. The minimum atomic E-state index is -0.0224. The zero-order chi connectivity index (χ0) is 16.9.